The molecule has 0 spiro atoms. The van der Waals surface area contributed by atoms with Crippen molar-refractivity contribution in [2.75, 3.05) is 18.6 Å². The van der Waals surface area contributed by atoms with Crippen molar-refractivity contribution in [1.29, 1.82) is 5.26 Å². The predicted octanol–water partition coefficient (Wildman–Crippen LogP) is 2.92. The van der Waals surface area contributed by atoms with E-state index in [2.05, 4.69) is 0 Å². The first-order valence-electron chi connectivity index (χ1n) is 7.57. The average Bonchev–Trinajstić information content (AvgIpc) is 3.22. The predicted molar refractivity (Wildman–Crippen MR) is 89.9 cm³/mol. The minimum absolute atomic E-state index is 0.324. The molecular formula is C17H12F3N3O3S. The minimum atomic E-state index is -4.83. The fourth-order valence-electron chi connectivity index (χ4n) is 3.00. The van der Waals surface area contributed by atoms with Crippen LogP contribution in [0.2, 0.25) is 0 Å². The molecule has 0 saturated carbocycles. The number of urea groups is 1. The third kappa shape index (κ3) is 2.67. The Morgan fingerprint density at radius 3 is 2.52 bits per heavy atom. The number of hydrogen-bond acceptors (Lipinski definition) is 5. The Morgan fingerprint density at radius 2 is 2.00 bits per heavy atom. The van der Waals surface area contributed by atoms with E-state index in [1.165, 1.54) is 13.1 Å². The highest BCUT2D eigenvalue weighted by Gasteiger charge is 2.58. The summed E-state index contributed by atoms with van der Waals surface area (Å²) in [7, 11) is 1.30. The van der Waals surface area contributed by atoms with Gasteiger partial charge in [0.2, 0.25) is 0 Å². The van der Waals surface area contributed by atoms with Crippen LogP contribution in [0.25, 0.3) is 0 Å². The van der Waals surface area contributed by atoms with Crippen LogP contribution in [0.5, 0.6) is 0 Å². The molecule has 10 heteroatoms. The molecule has 1 aliphatic heterocycles. The van der Waals surface area contributed by atoms with Crippen LogP contribution in [0.4, 0.5) is 23.7 Å². The van der Waals surface area contributed by atoms with Crippen molar-refractivity contribution in [1.82, 2.24) is 4.90 Å². The Labute approximate surface area is 155 Å². The number of rotatable bonds is 3. The summed E-state index contributed by atoms with van der Waals surface area (Å²) in [5, 5.41) is 20.5. The number of aliphatic hydroxyl groups is 1. The normalized spacial score (nSPS) is 20.3. The van der Waals surface area contributed by atoms with E-state index in [0.29, 0.717) is 15.8 Å². The van der Waals surface area contributed by atoms with E-state index in [9.17, 15) is 27.9 Å². The lowest BCUT2D eigenvalue weighted by Gasteiger charge is -2.29. The number of alkyl halides is 3. The molecule has 140 valence electrons. The quantitative estimate of drug-likeness (QED) is 0.810. The molecule has 1 aromatic carbocycles. The van der Waals surface area contributed by atoms with Gasteiger partial charge < -0.3 is 10.0 Å². The first kappa shape index (κ1) is 18.9. The summed E-state index contributed by atoms with van der Waals surface area (Å²) >= 11 is 1.14. The van der Waals surface area contributed by atoms with Crippen LogP contribution in [-0.2, 0) is 16.5 Å². The minimum Gasteiger partial charge on any atom is -0.393 e. The van der Waals surface area contributed by atoms with E-state index < -0.39 is 41.4 Å². The summed E-state index contributed by atoms with van der Waals surface area (Å²) in [4.78, 5) is 27.7. The van der Waals surface area contributed by atoms with Gasteiger partial charge in [0, 0.05) is 11.9 Å². The summed E-state index contributed by atoms with van der Waals surface area (Å²) in [5.41, 5.74) is -3.90. The van der Waals surface area contributed by atoms with E-state index in [4.69, 9.17) is 5.26 Å². The zero-order chi connectivity index (χ0) is 20.0. The van der Waals surface area contributed by atoms with Crippen LogP contribution in [0.15, 0.2) is 35.7 Å². The first-order chi connectivity index (χ1) is 12.7. The van der Waals surface area contributed by atoms with Gasteiger partial charge in [-0.25, -0.2) is 9.69 Å². The summed E-state index contributed by atoms with van der Waals surface area (Å²) in [6.07, 6.45) is -4.83. The van der Waals surface area contributed by atoms with Crippen LogP contribution in [0, 0.1) is 11.3 Å². The second-order valence-corrected chi connectivity index (χ2v) is 6.76. The van der Waals surface area contributed by atoms with E-state index in [1.807, 2.05) is 0 Å². The standard InChI is InChI=1S/C17H12F3N3O3S/c1-22-15(26)23(14(25)16(22,9-24)13-3-2-6-27-13)11-5-4-10(8-21)12(7-11)17(18,19)20/h2-7,24H,9H2,1H3. The number of likely N-dealkylation sites (N-methyl/N-ethyl adjacent to an activating group) is 1. The van der Waals surface area contributed by atoms with Crippen molar-refractivity contribution in [3.8, 4) is 6.07 Å². The molecule has 1 unspecified atom stereocenters. The number of anilines is 1. The molecular weight excluding hydrogens is 383 g/mol. The molecule has 2 aromatic rings. The number of halogens is 3. The van der Waals surface area contributed by atoms with Crippen LogP contribution in [-0.4, -0.2) is 35.6 Å². The zero-order valence-corrected chi connectivity index (χ0v) is 14.6. The molecule has 1 aromatic heterocycles. The molecule has 1 fully saturated rings. The molecule has 2 heterocycles. The van der Waals surface area contributed by atoms with Crippen LogP contribution >= 0.6 is 11.3 Å². The number of imide groups is 1. The van der Waals surface area contributed by atoms with Crippen molar-refractivity contribution in [3.05, 3.63) is 51.7 Å². The van der Waals surface area contributed by atoms with Crippen molar-refractivity contribution in [2.45, 2.75) is 11.7 Å². The lowest BCUT2D eigenvalue weighted by molar-refractivity contribution is -0.137. The highest BCUT2D eigenvalue weighted by Crippen LogP contribution is 2.42. The van der Waals surface area contributed by atoms with Crippen molar-refractivity contribution >= 4 is 29.0 Å². The van der Waals surface area contributed by atoms with Crippen molar-refractivity contribution in [2.24, 2.45) is 0 Å². The van der Waals surface area contributed by atoms with E-state index in [1.54, 1.807) is 17.5 Å². The van der Waals surface area contributed by atoms with E-state index >= 15 is 0 Å². The van der Waals surface area contributed by atoms with E-state index in [-0.39, 0.29) is 5.69 Å². The lowest BCUT2D eigenvalue weighted by Crippen LogP contribution is -2.47. The number of aliphatic hydroxyl groups excluding tert-OH is 1. The smallest absolute Gasteiger partial charge is 0.393 e. The first-order valence-corrected chi connectivity index (χ1v) is 8.45. The molecule has 1 saturated heterocycles. The van der Waals surface area contributed by atoms with Gasteiger partial charge in [-0.1, -0.05) is 6.07 Å². The van der Waals surface area contributed by atoms with Gasteiger partial charge in [-0.05, 0) is 29.6 Å². The Kier molecular flexibility index (Phi) is 4.45. The highest BCUT2D eigenvalue weighted by atomic mass is 32.1. The number of nitriles is 1. The number of nitrogens with zero attached hydrogens (tertiary/aromatic N) is 3. The molecule has 3 amide bonds. The van der Waals surface area contributed by atoms with Gasteiger partial charge in [0.05, 0.1) is 29.5 Å². The van der Waals surface area contributed by atoms with Crippen molar-refractivity contribution < 1.29 is 27.9 Å². The summed E-state index contributed by atoms with van der Waals surface area (Å²) < 4.78 is 39.7. The van der Waals surface area contributed by atoms with Gasteiger partial charge in [0.15, 0.2) is 5.54 Å². The highest BCUT2D eigenvalue weighted by molar-refractivity contribution is 7.10. The topological polar surface area (TPSA) is 84.6 Å². The second kappa shape index (κ2) is 6.37. The fourth-order valence-corrected chi connectivity index (χ4v) is 3.94. The monoisotopic (exact) mass is 395 g/mol. The maximum Gasteiger partial charge on any atom is 0.417 e. The Morgan fingerprint density at radius 1 is 1.30 bits per heavy atom. The number of hydrogen-bond donors (Lipinski definition) is 1. The van der Waals surface area contributed by atoms with Crippen LogP contribution in [0.3, 0.4) is 0 Å². The van der Waals surface area contributed by atoms with Gasteiger partial charge >= 0.3 is 12.2 Å². The zero-order valence-electron chi connectivity index (χ0n) is 13.8. The van der Waals surface area contributed by atoms with Crippen molar-refractivity contribution in [3.63, 3.8) is 0 Å². The molecule has 6 nitrogen and oxygen atoms in total. The van der Waals surface area contributed by atoms with Gasteiger partial charge in [0.25, 0.3) is 5.91 Å². The SMILES string of the molecule is CN1C(=O)N(c2ccc(C#N)c(C(F)(F)F)c2)C(=O)C1(CO)c1cccs1. The van der Waals surface area contributed by atoms with Gasteiger partial charge in [-0.15, -0.1) is 11.3 Å². The maximum absolute atomic E-state index is 13.2. The number of thiophene rings is 1. The Balaban J connectivity index is 2.15. The fraction of sp³-hybridized carbons (Fsp3) is 0.235. The second-order valence-electron chi connectivity index (χ2n) is 5.82. The number of amides is 3. The lowest BCUT2D eigenvalue weighted by atomic mass is 9.97. The third-order valence-corrected chi connectivity index (χ3v) is 5.47. The third-order valence-electron chi connectivity index (χ3n) is 4.45. The van der Waals surface area contributed by atoms with Gasteiger partial charge in [-0.2, -0.15) is 18.4 Å². The molecule has 3 rings (SSSR count). The molecule has 1 atom stereocenters. The number of carbonyl (C=O) groups excluding carboxylic acids is 2. The Hall–Kier alpha value is -2.90. The van der Waals surface area contributed by atoms with E-state index in [0.717, 1.165) is 28.4 Å². The summed E-state index contributed by atoms with van der Waals surface area (Å²) in [6, 6.07) is 6.35. The summed E-state index contributed by atoms with van der Waals surface area (Å²) in [6.45, 7) is -0.729. The average molecular weight is 395 g/mol. The molecule has 0 bridgehead atoms. The van der Waals surface area contributed by atoms with Gasteiger partial charge in [-0.3, -0.25) is 4.79 Å². The number of benzene rings is 1. The molecule has 0 aliphatic carbocycles. The number of carbonyl (C=O) groups is 2. The largest absolute Gasteiger partial charge is 0.417 e. The maximum atomic E-state index is 13.2. The van der Waals surface area contributed by atoms with Crippen LogP contribution < -0.4 is 4.90 Å². The molecule has 1 aliphatic rings. The summed E-state index contributed by atoms with van der Waals surface area (Å²) in [5.74, 6) is -0.863. The molecule has 1 N–H and O–H groups in total. The molecule has 27 heavy (non-hydrogen) atoms. The van der Waals surface area contributed by atoms with Crippen LogP contribution in [0.1, 0.15) is 16.0 Å². The Bertz CT molecular complexity index is 953. The molecule has 0 radical (unpaired) electrons. The van der Waals surface area contributed by atoms with Gasteiger partial charge in [0.1, 0.15) is 0 Å².